The van der Waals surface area contributed by atoms with Gasteiger partial charge in [-0.25, -0.2) is 4.21 Å². The van der Waals surface area contributed by atoms with Crippen molar-refractivity contribution in [3.05, 3.63) is 43.0 Å². The first-order valence-corrected chi connectivity index (χ1v) is 8.81. The molecule has 0 aliphatic carbocycles. The first kappa shape index (κ1) is 15.6. The Balaban J connectivity index is 3.17. The quantitative estimate of drug-likeness (QED) is 0.441. The summed E-state index contributed by atoms with van der Waals surface area (Å²) >= 11 is 0. The Bertz CT molecular complexity index is 465. The molecule has 3 unspecified atom stereocenters. The summed E-state index contributed by atoms with van der Waals surface area (Å²) in [5, 5.41) is 0.471. The van der Waals surface area contributed by atoms with Crippen LogP contribution in [-0.4, -0.2) is 16.7 Å². The van der Waals surface area contributed by atoms with Gasteiger partial charge in [-0.05, 0) is 19.1 Å². The average molecular weight is 309 g/mol. The standard InChI is InChI=1S/C11H14ClO4PS/c1-3-11(16-18(12)14)17(13,15-4-2)10-8-6-5-7-9-10/h3,5-9,11H,1,4H2,2H3. The minimum atomic E-state index is -3.35. The summed E-state index contributed by atoms with van der Waals surface area (Å²) < 4.78 is 34.0. The molecule has 1 rings (SSSR count). The highest BCUT2D eigenvalue weighted by molar-refractivity contribution is 8.04. The van der Waals surface area contributed by atoms with Gasteiger partial charge < -0.3 is 4.52 Å². The second-order valence-electron chi connectivity index (χ2n) is 3.27. The van der Waals surface area contributed by atoms with Crippen molar-refractivity contribution in [1.29, 1.82) is 0 Å². The van der Waals surface area contributed by atoms with Gasteiger partial charge in [0.2, 0.25) is 0 Å². The predicted molar refractivity (Wildman–Crippen MR) is 74.4 cm³/mol. The molecule has 0 aromatic heterocycles. The first-order chi connectivity index (χ1) is 8.54. The molecule has 0 fully saturated rings. The summed E-state index contributed by atoms with van der Waals surface area (Å²) in [6, 6.07) is 8.59. The van der Waals surface area contributed by atoms with Crippen LogP contribution in [0.4, 0.5) is 0 Å². The van der Waals surface area contributed by atoms with Gasteiger partial charge in [0.05, 0.1) is 6.61 Å². The van der Waals surface area contributed by atoms with Crippen LogP contribution >= 0.6 is 18.1 Å². The van der Waals surface area contributed by atoms with Crippen LogP contribution in [0.2, 0.25) is 0 Å². The lowest BCUT2D eigenvalue weighted by molar-refractivity contribution is 0.283. The molecular formula is C11H14ClO4PS. The van der Waals surface area contributed by atoms with Crippen LogP contribution in [0.5, 0.6) is 0 Å². The Labute approximate surface area is 114 Å². The van der Waals surface area contributed by atoms with Crippen molar-refractivity contribution in [2.45, 2.75) is 12.8 Å². The van der Waals surface area contributed by atoms with E-state index in [1.807, 2.05) is 0 Å². The van der Waals surface area contributed by atoms with E-state index in [1.165, 1.54) is 6.08 Å². The molecule has 3 atom stereocenters. The van der Waals surface area contributed by atoms with E-state index in [2.05, 4.69) is 6.58 Å². The lowest BCUT2D eigenvalue weighted by Crippen LogP contribution is -2.20. The molecule has 0 saturated heterocycles. The average Bonchev–Trinajstić information content (AvgIpc) is 2.37. The highest BCUT2D eigenvalue weighted by atomic mass is 35.7. The maximum Gasteiger partial charge on any atom is 0.265 e. The van der Waals surface area contributed by atoms with Gasteiger partial charge >= 0.3 is 0 Å². The van der Waals surface area contributed by atoms with E-state index in [9.17, 15) is 8.77 Å². The SMILES string of the molecule is C=CC(OS(=O)Cl)P(=O)(OCC)c1ccccc1. The number of hydrogen-bond donors (Lipinski definition) is 0. The van der Waals surface area contributed by atoms with Crippen molar-refractivity contribution in [3.8, 4) is 0 Å². The maximum atomic E-state index is 12.9. The molecule has 0 heterocycles. The first-order valence-electron chi connectivity index (χ1n) is 5.22. The second-order valence-corrected chi connectivity index (χ2v) is 7.08. The Morgan fingerprint density at radius 1 is 1.50 bits per heavy atom. The van der Waals surface area contributed by atoms with Gasteiger partial charge in [-0.1, -0.05) is 30.9 Å². The van der Waals surface area contributed by atoms with Crippen LogP contribution in [0.3, 0.4) is 0 Å². The van der Waals surface area contributed by atoms with E-state index < -0.39 is 23.5 Å². The molecule has 7 heteroatoms. The fourth-order valence-electron chi connectivity index (χ4n) is 1.43. The third-order valence-corrected chi connectivity index (χ3v) is 5.51. The Kier molecular flexibility index (Phi) is 6.26. The van der Waals surface area contributed by atoms with Crippen molar-refractivity contribution in [2.75, 3.05) is 6.61 Å². The molecule has 0 aliphatic heterocycles. The lowest BCUT2D eigenvalue weighted by Gasteiger charge is -2.23. The van der Waals surface area contributed by atoms with Crippen LogP contribution in [-0.2, 0) is 23.6 Å². The van der Waals surface area contributed by atoms with Crippen molar-refractivity contribution in [1.82, 2.24) is 0 Å². The molecule has 0 bridgehead atoms. The van der Waals surface area contributed by atoms with Crippen LogP contribution in [0.1, 0.15) is 6.92 Å². The van der Waals surface area contributed by atoms with Gasteiger partial charge in [0, 0.05) is 16.0 Å². The largest absolute Gasteiger partial charge is 0.324 e. The summed E-state index contributed by atoms with van der Waals surface area (Å²) in [6.45, 7) is 5.46. The lowest BCUT2D eigenvalue weighted by atomic mass is 10.4. The summed E-state index contributed by atoms with van der Waals surface area (Å²) in [7, 11) is -0.154. The summed E-state index contributed by atoms with van der Waals surface area (Å²) in [6.07, 6.45) is 1.28. The number of benzene rings is 1. The molecule has 0 N–H and O–H groups in total. The van der Waals surface area contributed by atoms with Gasteiger partial charge in [-0.2, -0.15) is 0 Å². The van der Waals surface area contributed by atoms with Crippen molar-refractivity contribution in [3.63, 3.8) is 0 Å². The summed E-state index contributed by atoms with van der Waals surface area (Å²) in [5.41, 5.74) is 0. The van der Waals surface area contributed by atoms with Crippen molar-refractivity contribution >= 4 is 33.6 Å². The minimum absolute atomic E-state index is 0.231. The van der Waals surface area contributed by atoms with Crippen LogP contribution in [0, 0.1) is 0 Å². The topological polar surface area (TPSA) is 52.6 Å². The number of hydrogen-bond acceptors (Lipinski definition) is 4. The monoisotopic (exact) mass is 308 g/mol. The zero-order chi connectivity index (χ0) is 13.6. The highest BCUT2D eigenvalue weighted by Gasteiger charge is 2.36. The van der Waals surface area contributed by atoms with E-state index in [0.29, 0.717) is 5.30 Å². The second kappa shape index (κ2) is 7.22. The van der Waals surface area contributed by atoms with Gasteiger partial charge in [-0.3, -0.25) is 8.75 Å². The van der Waals surface area contributed by atoms with E-state index in [-0.39, 0.29) is 6.61 Å². The fourth-order valence-corrected chi connectivity index (χ4v) is 4.58. The highest BCUT2D eigenvalue weighted by Crippen LogP contribution is 2.52. The summed E-state index contributed by atoms with van der Waals surface area (Å²) in [4.78, 5) is 0. The van der Waals surface area contributed by atoms with E-state index >= 15 is 0 Å². The molecule has 4 nitrogen and oxygen atoms in total. The molecule has 1 aromatic rings. The Morgan fingerprint density at radius 3 is 2.56 bits per heavy atom. The molecule has 0 amide bonds. The normalized spacial score (nSPS) is 17.7. The number of rotatable bonds is 7. The Hall–Kier alpha value is -0.450. The molecule has 0 radical (unpaired) electrons. The smallest absolute Gasteiger partial charge is 0.265 e. The predicted octanol–water partition coefficient (Wildman–Crippen LogP) is 2.97. The van der Waals surface area contributed by atoms with Crippen LogP contribution < -0.4 is 5.30 Å². The third kappa shape index (κ3) is 3.77. The van der Waals surface area contributed by atoms with E-state index in [0.717, 1.165) is 0 Å². The van der Waals surface area contributed by atoms with E-state index in [4.69, 9.17) is 19.4 Å². The van der Waals surface area contributed by atoms with Crippen LogP contribution in [0.15, 0.2) is 43.0 Å². The fraction of sp³-hybridized carbons (Fsp3) is 0.273. The molecular weight excluding hydrogens is 295 g/mol. The zero-order valence-electron chi connectivity index (χ0n) is 9.82. The van der Waals surface area contributed by atoms with Gasteiger partial charge in [0.1, 0.15) is 0 Å². The van der Waals surface area contributed by atoms with Gasteiger partial charge in [0.15, 0.2) is 5.85 Å². The maximum absolute atomic E-state index is 12.9. The summed E-state index contributed by atoms with van der Waals surface area (Å²) in [5.74, 6) is -1.04. The minimum Gasteiger partial charge on any atom is -0.324 e. The third-order valence-electron chi connectivity index (χ3n) is 2.15. The Morgan fingerprint density at radius 2 is 2.11 bits per heavy atom. The molecule has 18 heavy (non-hydrogen) atoms. The molecule has 1 aromatic carbocycles. The van der Waals surface area contributed by atoms with Gasteiger partial charge in [-0.15, -0.1) is 0 Å². The number of halogens is 1. The van der Waals surface area contributed by atoms with Crippen LogP contribution in [0.25, 0.3) is 0 Å². The van der Waals surface area contributed by atoms with E-state index in [1.54, 1.807) is 37.3 Å². The van der Waals surface area contributed by atoms with Crippen molar-refractivity contribution in [2.24, 2.45) is 0 Å². The zero-order valence-corrected chi connectivity index (χ0v) is 12.3. The molecule has 0 saturated carbocycles. The van der Waals surface area contributed by atoms with Crippen molar-refractivity contribution < 1.29 is 17.5 Å². The molecule has 100 valence electrons. The molecule has 0 aliphatic rings. The van der Waals surface area contributed by atoms with Gasteiger partial charge in [0.25, 0.3) is 17.7 Å². The molecule has 0 spiro atoms.